The van der Waals surface area contributed by atoms with Crippen LogP contribution in [-0.4, -0.2) is 0 Å². The lowest BCUT2D eigenvalue weighted by atomic mass is 9.60. The summed E-state index contributed by atoms with van der Waals surface area (Å²) in [6.07, 6.45) is 25.8. The molecule has 4 unspecified atom stereocenters. The van der Waals surface area contributed by atoms with Gasteiger partial charge in [0.05, 0.1) is 0 Å². The maximum Gasteiger partial charge on any atom is -0.0171 e. The Bertz CT molecular complexity index is 1390. The summed E-state index contributed by atoms with van der Waals surface area (Å²) in [5, 5.41) is 0. The highest BCUT2D eigenvalue weighted by Gasteiger charge is 2.63. The molecule has 4 atom stereocenters. The zero-order valence-corrected chi connectivity index (χ0v) is 40.5. The van der Waals surface area contributed by atoms with E-state index < -0.39 is 0 Å². The number of benzene rings is 1. The smallest absolute Gasteiger partial charge is 0.0171 e. The first-order valence-corrected chi connectivity index (χ1v) is 22.3. The lowest BCUT2D eigenvalue weighted by Gasteiger charge is -2.45. The molecule has 4 rings (SSSR count). The van der Waals surface area contributed by atoms with Crippen LogP contribution >= 0.6 is 0 Å². The first-order chi connectivity index (χ1) is 25.0. The largest absolute Gasteiger partial charge is 0.0998 e. The van der Waals surface area contributed by atoms with E-state index in [-0.39, 0.29) is 0 Å². The minimum atomic E-state index is 0.394. The van der Waals surface area contributed by atoms with E-state index in [1.807, 2.05) is 6.07 Å². The third-order valence-electron chi connectivity index (χ3n) is 12.8. The molecule has 55 heavy (non-hydrogen) atoms. The molecule has 3 aliphatic carbocycles. The van der Waals surface area contributed by atoms with Gasteiger partial charge in [0.25, 0.3) is 0 Å². The molecule has 2 fully saturated rings. The predicted molar refractivity (Wildman–Crippen MR) is 253 cm³/mol. The highest BCUT2D eigenvalue weighted by atomic mass is 14.7. The normalized spacial score (nSPS) is 23.7. The Balaban J connectivity index is 0.000000367. The van der Waals surface area contributed by atoms with Crippen molar-refractivity contribution in [3.63, 3.8) is 0 Å². The molecule has 0 radical (unpaired) electrons. The van der Waals surface area contributed by atoms with Gasteiger partial charge in [-0.1, -0.05) is 193 Å². The van der Waals surface area contributed by atoms with Crippen LogP contribution in [0.15, 0.2) is 83.5 Å². The van der Waals surface area contributed by atoms with Crippen LogP contribution in [0.1, 0.15) is 208 Å². The summed E-state index contributed by atoms with van der Waals surface area (Å²) in [5.74, 6) is 2.68. The maximum absolute atomic E-state index is 4.05. The highest BCUT2D eigenvalue weighted by molar-refractivity contribution is 5.48. The maximum atomic E-state index is 4.05. The van der Waals surface area contributed by atoms with Gasteiger partial charge in [0, 0.05) is 0 Å². The molecule has 0 spiro atoms. The van der Waals surface area contributed by atoms with Crippen LogP contribution in [0.25, 0.3) is 6.08 Å². The fraction of sp³-hybridized carbons (Fsp3) is 0.709. The van der Waals surface area contributed by atoms with E-state index in [1.165, 1.54) is 86.5 Å². The van der Waals surface area contributed by atoms with Crippen LogP contribution in [0.3, 0.4) is 0 Å². The van der Waals surface area contributed by atoms with Crippen LogP contribution in [0, 0.1) is 50.2 Å². The summed E-state index contributed by atoms with van der Waals surface area (Å²) in [5.41, 5.74) is 10.2. The van der Waals surface area contributed by atoms with Gasteiger partial charge in [-0.3, -0.25) is 0 Å². The van der Waals surface area contributed by atoms with Gasteiger partial charge >= 0.3 is 0 Å². The first-order valence-electron chi connectivity index (χ1n) is 22.3. The molecule has 0 nitrogen and oxygen atoms in total. The molecule has 2 bridgehead atoms. The highest BCUT2D eigenvalue weighted by Crippen LogP contribution is 2.71. The minimum absolute atomic E-state index is 0.394. The summed E-state index contributed by atoms with van der Waals surface area (Å²) in [7, 11) is 0. The van der Waals surface area contributed by atoms with Crippen LogP contribution in [0.5, 0.6) is 0 Å². The van der Waals surface area contributed by atoms with Crippen molar-refractivity contribution in [3.05, 3.63) is 89.1 Å². The van der Waals surface area contributed by atoms with Crippen molar-refractivity contribution in [1.82, 2.24) is 0 Å². The standard InChI is InChI=1S/C14H26.C14H24.C14H26.C13H18/c1-12(2,3)11-9-10-7-8-14(11,6)13(10,4)5;1-11(2)13-8-6-12(7-9-13)10-14(3,4)5;1-12(2)8-7-9-13(3)10-11-14(4,5)6;1-13(2,3)11-7-10-12-8-5-4-6-9-12/h10-11H,7-9H2,1-6H3;6,13H,1,7-10H2,2-5H3;8,10H,7,9,11H2,1-6H3;4-10H,11H2,1-3H3/b;;13-10+;10-7+. The Labute approximate surface area is 346 Å². The molecule has 0 amide bonds. The molecule has 3 aliphatic rings. The second-order valence-electron chi connectivity index (χ2n) is 23.7. The van der Waals surface area contributed by atoms with Crippen LogP contribution < -0.4 is 0 Å². The fourth-order valence-corrected chi connectivity index (χ4v) is 8.97. The Morgan fingerprint density at radius 1 is 0.764 bits per heavy atom. The second-order valence-corrected chi connectivity index (χ2v) is 23.7. The van der Waals surface area contributed by atoms with Crippen molar-refractivity contribution in [3.8, 4) is 0 Å². The molecule has 1 aromatic rings. The number of fused-ring (bicyclic) bond motifs is 2. The Morgan fingerprint density at radius 3 is 1.73 bits per heavy atom. The molecular weight excluding hydrogens is 661 g/mol. The van der Waals surface area contributed by atoms with Crippen molar-refractivity contribution in [1.29, 1.82) is 0 Å². The number of hydrogen-bond donors (Lipinski definition) is 0. The van der Waals surface area contributed by atoms with E-state index in [1.54, 1.807) is 5.57 Å². The topological polar surface area (TPSA) is 0 Å². The average Bonchev–Trinajstić information content (AvgIpc) is 3.38. The van der Waals surface area contributed by atoms with E-state index in [0.717, 1.165) is 24.2 Å². The molecular formula is C55H94. The van der Waals surface area contributed by atoms with Gasteiger partial charge in [0.2, 0.25) is 0 Å². The number of hydrogen-bond acceptors (Lipinski definition) is 0. The van der Waals surface area contributed by atoms with E-state index in [2.05, 4.69) is 193 Å². The summed E-state index contributed by atoms with van der Waals surface area (Å²) in [6, 6.07) is 10.4. The molecule has 0 aromatic heterocycles. The van der Waals surface area contributed by atoms with Gasteiger partial charge in [-0.15, -0.1) is 0 Å². The van der Waals surface area contributed by atoms with E-state index in [9.17, 15) is 0 Å². The lowest BCUT2D eigenvalue weighted by Crippen LogP contribution is -2.38. The molecule has 2 saturated carbocycles. The van der Waals surface area contributed by atoms with Crippen molar-refractivity contribution in [2.75, 3.05) is 0 Å². The monoisotopic (exact) mass is 755 g/mol. The molecule has 314 valence electrons. The van der Waals surface area contributed by atoms with E-state index in [0.29, 0.717) is 32.5 Å². The van der Waals surface area contributed by atoms with Crippen LogP contribution in [0.4, 0.5) is 0 Å². The fourth-order valence-electron chi connectivity index (χ4n) is 8.97. The Morgan fingerprint density at radius 2 is 1.35 bits per heavy atom. The zero-order chi connectivity index (χ0) is 42.5. The van der Waals surface area contributed by atoms with E-state index in [4.69, 9.17) is 0 Å². The predicted octanol–water partition coefficient (Wildman–Crippen LogP) is 18.5. The minimum Gasteiger partial charge on any atom is -0.0998 e. The Kier molecular flexibility index (Phi) is 20.0. The summed E-state index contributed by atoms with van der Waals surface area (Å²) in [6.45, 7) is 48.2. The second kappa shape index (κ2) is 21.6. The SMILES string of the molecule is C=C(C)C1CC=C(CC(C)(C)C)CC1.CC(C)(C)C/C=C/c1ccccc1.CC(C)(C)C1CC2CCC1(C)C2(C)C.CC(C)=CCC/C(C)=C/CC(C)(C)C. The first kappa shape index (κ1) is 50.9. The van der Waals surface area contributed by atoms with E-state index >= 15 is 0 Å². The molecule has 0 heteroatoms. The Hall–Kier alpha value is -2.08. The third-order valence-corrected chi connectivity index (χ3v) is 12.8. The van der Waals surface area contributed by atoms with Crippen molar-refractivity contribution < 1.29 is 0 Å². The van der Waals surface area contributed by atoms with Gasteiger partial charge in [-0.05, 0) is 154 Å². The lowest BCUT2D eigenvalue weighted by molar-refractivity contribution is 0.0358. The van der Waals surface area contributed by atoms with Crippen LogP contribution in [0.2, 0.25) is 0 Å². The molecule has 0 N–H and O–H groups in total. The van der Waals surface area contributed by atoms with Gasteiger partial charge in [-0.2, -0.15) is 0 Å². The van der Waals surface area contributed by atoms with Crippen molar-refractivity contribution in [2.24, 2.45) is 50.2 Å². The van der Waals surface area contributed by atoms with Gasteiger partial charge in [0.1, 0.15) is 0 Å². The third kappa shape index (κ3) is 19.8. The van der Waals surface area contributed by atoms with Gasteiger partial charge in [0.15, 0.2) is 0 Å². The van der Waals surface area contributed by atoms with Crippen molar-refractivity contribution >= 4 is 6.08 Å². The quantitative estimate of drug-likeness (QED) is 0.232. The van der Waals surface area contributed by atoms with Gasteiger partial charge < -0.3 is 0 Å². The van der Waals surface area contributed by atoms with Crippen LogP contribution in [-0.2, 0) is 0 Å². The molecule has 1 aromatic carbocycles. The number of rotatable bonds is 8. The summed E-state index contributed by atoms with van der Waals surface area (Å²) >= 11 is 0. The number of allylic oxidation sites excluding steroid dienone is 8. The van der Waals surface area contributed by atoms with Crippen molar-refractivity contribution in [2.45, 2.75) is 202 Å². The average molecular weight is 755 g/mol. The molecule has 0 aliphatic heterocycles. The summed E-state index contributed by atoms with van der Waals surface area (Å²) in [4.78, 5) is 0. The molecule has 0 saturated heterocycles. The van der Waals surface area contributed by atoms with Gasteiger partial charge in [-0.25, -0.2) is 0 Å². The zero-order valence-electron chi connectivity index (χ0n) is 40.5. The molecule has 0 heterocycles. The summed E-state index contributed by atoms with van der Waals surface area (Å²) < 4.78 is 0.